The van der Waals surface area contributed by atoms with E-state index in [4.69, 9.17) is 0 Å². The van der Waals surface area contributed by atoms with Gasteiger partial charge >= 0.3 is 6.29 Å². The minimum atomic E-state index is -3.62. The van der Waals surface area contributed by atoms with E-state index < -0.39 is 6.29 Å². The maximum Gasteiger partial charge on any atom is 0.586 e. The second-order valence-corrected chi connectivity index (χ2v) is 4.69. The van der Waals surface area contributed by atoms with E-state index in [0.717, 1.165) is 5.39 Å². The number of aromatic amines is 1. The lowest BCUT2D eigenvalue weighted by atomic mass is 10.1. The van der Waals surface area contributed by atoms with Gasteiger partial charge in [-0.2, -0.15) is 0 Å². The number of aryl methyl sites for hydroxylation is 1. The number of alkyl halides is 2. The summed E-state index contributed by atoms with van der Waals surface area (Å²) in [5, 5.41) is 0.811. The molecular formula is C14H9F2N3O2. The van der Waals surface area contributed by atoms with Crippen LogP contribution in [0.2, 0.25) is 0 Å². The Bertz CT molecular complexity index is 861. The lowest BCUT2D eigenvalue weighted by molar-refractivity contribution is -0.286. The van der Waals surface area contributed by atoms with Gasteiger partial charge in [0, 0.05) is 17.1 Å². The van der Waals surface area contributed by atoms with E-state index in [9.17, 15) is 8.78 Å². The van der Waals surface area contributed by atoms with Gasteiger partial charge in [-0.25, -0.2) is 9.97 Å². The van der Waals surface area contributed by atoms with Crippen LogP contribution in [0.5, 0.6) is 11.5 Å². The first-order valence-electron chi connectivity index (χ1n) is 6.24. The van der Waals surface area contributed by atoms with Crippen molar-refractivity contribution in [2.24, 2.45) is 0 Å². The van der Waals surface area contributed by atoms with Crippen LogP contribution in [0.25, 0.3) is 22.3 Å². The summed E-state index contributed by atoms with van der Waals surface area (Å²) in [6.07, 6.45) is -1.87. The Hall–Kier alpha value is -2.70. The summed E-state index contributed by atoms with van der Waals surface area (Å²) in [7, 11) is 0. The fraction of sp³-hybridized carbons (Fsp3) is 0.143. The van der Waals surface area contributed by atoms with Crippen LogP contribution in [0.1, 0.15) is 5.82 Å². The third-order valence-corrected chi connectivity index (χ3v) is 3.20. The summed E-state index contributed by atoms with van der Waals surface area (Å²) >= 11 is 0. The number of halogens is 2. The maximum atomic E-state index is 13.1. The van der Waals surface area contributed by atoms with E-state index in [1.54, 1.807) is 19.2 Å². The zero-order chi connectivity index (χ0) is 14.6. The largest absolute Gasteiger partial charge is 0.586 e. The molecule has 106 valence electrons. The number of aromatic nitrogens is 3. The second-order valence-electron chi connectivity index (χ2n) is 4.69. The number of benzene rings is 1. The summed E-state index contributed by atoms with van der Waals surface area (Å²) < 4.78 is 35.0. The highest BCUT2D eigenvalue weighted by atomic mass is 19.3. The number of nitrogens with zero attached hydrogens (tertiary/aromatic N) is 2. The summed E-state index contributed by atoms with van der Waals surface area (Å²) in [5.74, 6) is 0.597. The number of nitrogens with one attached hydrogen (secondary N) is 1. The van der Waals surface area contributed by atoms with Gasteiger partial charge in [-0.1, -0.05) is 0 Å². The van der Waals surface area contributed by atoms with Crippen molar-refractivity contribution in [1.82, 2.24) is 15.0 Å². The Morgan fingerprint density at radius 1 is 1.10 bits per heavy atom. The monoisotopic (exact) mass is 289 g/mol. The molecule has 3 aromatic rings. The molecule has 1 aliphatic rings. The van der Waals surface area contributed by atoms with Crippen LogP contribution < -0.4 is 9.47 Å². The molecule has 0 atom stereocenters. The van der Waals surface area contributed by atoms with Gasteiger partial charge in [-0.15, -0.1) is 8.78 Å². The van der Waals surface area contributed by atoms with E-state index in [0.29, 0.717) is 22.7 Å². The minimum absolute atomic E-state index is 0.00236. The molecule has 0 unspecified atom stereocenters. The van der Waals surface area contributed by atoms with Crippen molar-refractivity contribution in [3.05, 3.63) is 36.3 Å². The van der Waals surface area contributed by atoms with Crippen LogP contribution in [0.3, 0.4) is 0 Å². The summed E-state index contributed by atoms with van der Waals surface area (Å²) in [6.45, 7) is 1.77. The number of fused-ring (bicyclic) bond motifs is 2. The molecule has 5 nitrogen and oxygen atoms in total. The number of hydrogen-bond donors (Lipinski definition) is 1. The molecule has 0 amide bonds. The molecule has 0 bridgehead atoms. The zero-order valence-corrected chi connectivity index (χ0v) is 10.9. The summed E-state index contributed by atoms with van der Waals surface area (Å²) in [5.41, 5.74) is 2.01. The highest BCUT2D eigenvalue weighted by molar-refractivity contribution is 5.91. The molecule has 1 aromatic carbocycles. The van der Waals surface area contributed by atoms with Gasteiger partial charge in [0.15, 0.2) is 11.5 Å². The topological polar surface area (TPSA) is 60.0 Å². The van der Waals surface area contributed by atoms with Crippen molar-refractivity contribution >= 4 is 11.0 Å². The van der Waals surface area contributed by atoms with Crippen LogP contribution >= 0.6 is 0 Å². The Balaban J connectivity index is 1.89. The van der Waals surface area contributed by atoms with Gasteiger partial charge in [0.2, 0.25) is 0 Å². The third kappa shape index (κ3) is 1.89. The third-order valence-electron chi connectivity index (χ3n) is 3.20. The van der Waals surface area contributed by atoms with Gasteiger partial charge in [0.1, 0.15) is 11.5 Å². The smallest absolute Gasteiger partial charge is 0.395 e. The van der Waals surface area contributed by atoms with Crippen LogP contribution in [0.15, 0.2) is 30.5 Å². The summed E-state index contributed by atoms with van der Waals surface area (Å²) in [6, 6.07) is 6.44. The molecule has 1 aliphatic heterocycles. The van der Waals surface area contributed by atoms with Crippen LogP contribution in [0, 0.1) is 6.92 Å². The Morgan fingerprint density at radius 3 is 2.76 bits per heavy atom. The van der Waals surface area contributed by atoms with Crippen LogP contribution in [-0.4, -0.2) is 21.2 Å². The minimum Gasteiger partial charge on any atom is -0.395 e. The van der Waals surface area contributed by atoms with E-state index in [2.05, 4.69) is 24.4 Å². The highest BCUT2D eigenvalue weighted by Gasteiger charge is 2.43. The van der Waals surface area contributed by atoms with Crippen molar-refractivity contribution in [2.45, 2.75) is 13.2 Å². The fourth-order valence-corrected chi connectivity index (χ4v) is 2.37. The average molecular weight is 289 g/mol. The molecule has 4 rings (SSSR count). The van der Waals surface area contributed by atoms with E-state index in [-0.39, 0.29) is 11.5 Å². The number of hydrogen-bond acceptors (Lipinski definition) is 4. The maximum absolute atomic E-state index is 13.1. The van der Waals surface area contributed by atoms with Crippen molar-refractivity contribution in [3.8, 4) is 22.8 Å². The fourth-order valence-electron chi connectivity index (χ4n) is 2.37. The van der Waals surface area contributed by atoms with Crippen LogP contribution in [-0.2, 0) is 0 Å². The first kappa shape index (κ1) is 12.1. The highest BCUT2D eigenvalue weighted by Crippen LogP contribution is 2.43. The molecule has 3 heterocycles. The van der Waals surface area contributed by atoms with E-state index >= 15 is 0 Å². The van der Waals surface area contributed by atoms with Gasteiger partial charge < -0.3 is 14.5 Å². The summed E-state index contributed by atoms with van der Waals surface area (Å²) in [4.78, 5) is 11.7. The molecule has 0 radical (unpaired) electrons. The normalized spacial score (nSPS) is 15.6. The molecule has 0 fully saturated rings. The Labute approximate surface area is 117 Å². The molecule has 2 aromatic heterocycles. The van der Waals surface area contributed by atoms with Crippen molar-refractivity contribution < 1.29 is 18.3 Å². The second kappa shape index (κ2) is 3.91. The number of ether oxygens (including phenoxy) is 2. The van der Waals surface area contributed by atoms with Gasteiger partial charge in [0.25, 0.3) is 0 Å². The molecule has 7 heteroatoms. The molecule has 1 N–H and O–H groups in total. The van der Waals surface area contributed by atoms with Gasteiger partial charge in [0.05, 0.1) is 5.69 Å². The van der Waals surface area contributed by atoms with Crippen molar-refractivity contribution in [3.63, 3.8) is 0 Å². The molecular weight excluding hydrogens is 280 g/mol. The van der Waals surface area contributed by atoms with E-state index in [1.165, 1.54) is 12.1 Å². The van der Waals surface area contributed by atoms with Gasteiger partial charge in [-0.3, -0.25) is 0 Å². The molecule has 0 saturated carbocycles. The lowest BCUT2D eigenvalue weighted by Crippen LogP contribution is -2.25. The van der Waals surface area contributed by atoms with Crippen LogP contribution in [0.4, 0.5) is 8.78 Å². The average Bonchev–Trinajstić information content (AvgIpc) is 2.98. The Morgan fingerprint density at radius 2 is 1.90 bits per heavy atom. The zero-order valence-electron chi connectivity index (χ0n) is 10.9. The molecule has 0 aliphatic carbocycles. The SMILES string of the molecule is Cc1nc(-c2ccc3c(c2)OC(F)(F)O3)c2cc[nH]c2n1. The first-order valence-corrected chi connectivity index (χ1v) is 6.24. The quantitative estimate of drug-likeness (QED) is 0.747. The number of H-pyrrole nitrogens is 1. The lowest BCUT2D eigenvalue weighted by Gasteiger charge is -2.05. The number of rotatable bonds is 1. The Kier molecular flexibility index (Phi) is 2.25. The predicted octanol–water partition coefficient (Wildman–Crippen LogP) is 3.25. The first-order chi connectivity index (χ1) is 10.0. The predicted molar refractivity (Wildman–Crippen MR) is 70.3 cm³/mol. The van der Waals surface area contributed by atoms with Crippen molar-refractivity contribution in [1.29, 1.82) is 0 Å². The van der Waals surface area contributed by atoms with Crippen molar-refractivity contribution in [2.75, 3.05) is 0 Å². The standard InChI is InChI=1S/C14H9F2N3O2/c1-7-18-12(9-4-5-17-13(9)19-7)8-2-3-10-11(6-8)21-14(15,16)20-10/h2-6H,1H3,(H,17,18,19). The van der Waals surface area contributed by atoms with E-state index in [1.807, 2.05) is 6.07 Å². The molecule has 21 heavy (non-hydrogen) atoms. The molecule has 0 saturated heterocycles. The molecule has 0 spiro atoms. The van der Waals surface area contributed by atoms with Gasteiger partial charge in [-0.05, 0) is 31.2 Å².